The molecular weight excluding hydrogens is 353 g/mol. The van der Waals surface area contributed by atoms with E-state index >= 15 is 0 Å². The largest absolute Gasteiger partial charge is 0.507 e. The van der Waals surface area contributed by atoms with Crippen LogP contribution in [0.3, 0.4) is 0 Å². The molecule has 2 aromatic rings. The Bertz CT molecular complexity index is 851. The van der Waals surface area contributed by atoms with Crippen LogP contribution in [0, 0.1) is 5.82 Å². The maximum atomic E-state index is 13.2. The number of aromatic hydroxyl groups is 1. The van der Waals surface area contributed by atoms with Crippen molar-refractivity contribution in [2.45, 2.75) is 58.9 Å². The van der Waals surface area contributed by atoms with Crippen molar-refractivity contribution in [3.05, 3.63) is 70.5 Å². The summed E-state index contributed by atoms with van der Waals surface area (Å²) in [4.78, 5) is 12.2. The van der Waals surface area contributed by atoms with Crippen LogP contribution in [0.2, 0.25) is 0 Å². The SMILES string of the molecule is CC(C)(C)c1cc(/C=C/C(=O)NCc2cccc(F)c2)cc(C(C)(C)C)c1O. The number of halogens is 1. The predicted molar refractivity (Wildman–Crippen MR) is 113 cm³/mol. The van der Waals surface area contributed by atoms with Crippen LogP contribution in [0.4, 0.5) is 4.39 Å². The Hall–Kier alpha value is -2.62. The van der Waals surface area contributed by atoms with E-state index in [4.69, 9.17) is 0 Å². The van der Waals surface area contributed by atoms with Gasteiger partial charge in [0, 0.05) is 23.7 Å². The Morgan fingerprint density at radius 1 is 1.04 bits per heavy atom. The molecule has 150 valence electrons. The molecule has 2 N–H and O–H groups in total. The minimum Gasteiger partial charge on any atom is -0.507 e. The van der Waals surface area contributed by atoms with Gasteiger partial charge in [-0.1, -0.05) is 53.7 Å². The average Bonchev–Trinajstić information content (AvgIpc) is 2.57. The molecule has 0 saturated carbocycles. The average molecular weight is 384 g/mol. The van der Waals surface area contributed by atoms with Crippen molar-refractivity contribution < 1.29 is 14.3 Å². The van der Waals surface area contributed by atoms with Crippen LogP contribution in [0.5, 0.6) is 5.75 Å². The van der Waals surface area contributed by atoms with Crippen molar-refractivity contribution >= 4 is 12.0 Å². The van der Waals surface area contributed by atoms with Crippen molar-refractivity contribution in [1.82, 2.24) is 5.32 Å². The molecule has 0 aliphatic heterocycles. The van der Waals surface area contributed by atoms with Crippen molar-refractivity contribution in [3.63, 3.8) is 0 Å². The summed E-state index contributed by atoms with van der Waals surface area (Å²) in [5.74, 6) is -0.268. The van der Waals surface area contributed by atoms with Crippen LogP contribution in [-0.4, -0.2) is 11.0 Å². The van der Waals surface area contributed by atoms with Crippen LogP contribution in [0.25, 0.3) is 6.08 Å². The molecule has 2 aromatic carbocycles. The van der Waals surface area contributed by atoms with Gasteiger partial charge in [0.1, 0.15) is 11.6 Å². The van der Waals surface area contributed by atoms with Crippen molar-refractivity contribution in [2.75, 3.05) is 0 Å². The van der Waals surface area contributed by atoms with Crippen LogP contribution in [0.1, 0.15) is 63.8 Å². The molecule has 0 aliphatic rings. The molecule has 0 fully saturated rings. The number of rotatable bonds is 4. The summed E-state index contributed by atoms with van der Waals surface area (Å²) in [5.41, 5.74) is 2.80. The summed E-state index contributed by atoms with van der Waals surface area (Å²) in [6.07, 6.45) is 3.20. The first-order valence-electron chi connectivity index (χ1n) is 9.46. The number of hydrogen-bond acceptors (Lipinski definition) is 2. The molecule has 0 atom stereocenters. The van der Waals surface area contributed by atoms with Crippen molar-refractivity contribution in [2.24, 2.45) is 0 Å². The lowest BCUT2D eigenvalue weighted by molar-refractivity contribution is -0.116. The van der Waals surface area contributed by atoms with Gasteiger partial charge in [-0.15, -0.1) is 0 Å². The van der Waals surface area contributed by atoms with Crippen LogP contribution in [0.15, 0.2) is 42.5 Å². The predicted octanol–water partition coefficient (Wildman–Crippen LogP) is 5.46. The molecule has 0 radical (unpaired) electrons. The molecule has 0 heterocycles. The molecule has 4 heteroatoms. The smallest absolute Gasteiger partial charge is 0.244 e. The summed E-state index contributed by atoms with van der Waals surface area (Å²) < 4.78 is 13.2. The number of benzene rings is 2. The van der Waals surface area contributed by atoms with Gasteiger partial charge in [0.2, 0.25) is 5.91 Å². The number of phenolic OH excluding ortho intramolecular Hbond substituents is 1. The first-order valence-corrected chi connectivity index (χ1v) is 9.46. The van der Waals surface area contributed by atoms with Crippen molar-refractivity contribution in [1.29, 1.82) is 0 Å². The van der Waals surface area contributed by atoms with Gasteiger partial charge in [-0.2, -0.15) is 0 Å². The summed E-state index contributed by atoms with van der Waals surface area (Å²) in [6, 6.07) is 9.98. The third-order valence-electron chi connectivity index (χ3n) is 4.53. The Kier molecular flexibility index (Phi) is 6.33. The van der Waals surface area contributed by atoms with Gasteiger partial charge in [0.25, 0.3) is 0 Å². The zero-order chi connectivity index (χ0) is 21.1. The highest BCUT2D eigenvalue weighted by atomic mass is 19.1. The number of phenols is 1. The molecule has 0 unspecified atom stereocenters. The number of hydrogen-bond donors (Lipinski definition) is 2. The Morgan fingerprint density at radius 2 is 1.61 bits per heavy atom. The standard InChI is InChI=1S/C24H30FNO2/c1-23(2,3)19-13-16(14-20(22(19)28)24(4,5)6)10-11-21(27)26-15-17-8-7-9-18(25)12-17/h7-14,28H,15H2,1-6H3,(H,26,27)/b11-10+. The highest BCUT2D eigenvalue weighted by Gasteiger charge is 2.26. The van der Waals surface area contributed by atoms with Crippen LogP contribution in [-0.2, 0) is 22.2 Å². The van der Waals surface area contributed by atoms with Gasteiger partial charge in [-0.3, -0.25) is 4.79 Å². The van der Waals surface area contributed by atoms with Gasteiger partial charge < -0.3 is 10.4 Å². The van der Waals surface area contributed by atoms with E-state index in [0.717, 1.165) is 16.7 Å². The molecule has 2 rings (SSSR count). The van der Waals surface area contributed by atoms with E-state index in [1.165, 1.54) is 18.2 Å². The van der Waals surface area contributed by atoms with Crippen LogP contribution >= 0.6 is 0 Å². The molecule has 0 aromatic heterocycles. The third kappa shape index (κ3) is 5.69. The molecule has 0 spiro atoms. The Balaban J connectivity index is 2.23. The maximum absolute atomic E-state index is 13.2. The lowest BCUT2D eigenvalue weighted by Gasteiger charge is -2.27. The molecule has 0 aliphatic carbocycles. The summed E-state index contributed by atoms with van der Waals surface area (Å²) >= 11 is 0. The second-order valence-corrected chi connectivity index (χ2v) is 9.15. The molecule has 0 saturated heterocycles. The monoisotopic (exact) mass is 383 g/mol. The zero-order valence-corrected chi connectivity index (χ0v) is 17.6. The number of carbonyl (C=O) groups is 1. The molecule has 1 amide bonds. The minimum absolute atomic E-state index is 0.229. The van der Waals surface area contributed by atoms with E-state index in [9.17, 15) is 14.3 Å². The summed E-state index contributed by atoms with van der Waals surface area (Å²) in [6.45, 7) is 12.6. The quantitative estimate of drug-likeness (QED) is 0.689. The van der Waals surface area contributed by atoms with Crippen molar-refractivity contribution in [3.8, 4) is 5.75 Å². The Labute approximate surface area is 167 Å². The van der Waals surface area contributed by atoms with Gasteiger partial charge in [-0.25, -0.2) is 4.39 Å². The van der Waals surface area contributed by atoms with E-state index in [1.54, 1.807) is 18.2 Å². The molecular formula is C24H30FNO2. The van der Waals surface area contributed by atoms with Gasteiger partial charge in [-0.05, 0) is 52.3 Å². The van der Waals surface area contributed by atoms with Gasteiger partial charge in [0.15, 0.2) is 0 Å². The second kappa shape index (κ2) is 8.17. The maximum Gasteiger partial charge on any atom is 0.244 e. The first kappa shape index (κ1) is 21.7. The highest BCUT2D eigenvalue weighted by molar-refractivity contribution is 5.91. The van der Waals surface area contributed by atoms with Gasteiger partial charge in [0.05, 0.1) is 0 Å². The summed E-state index contributed by atoms with van der Waals surface area (Å²) in [5, 5.41) is 13.5. The van der Waals surface area contributed by atoms with Gasteiger partial charge >= 0.3 is 0 Å². The lowest BCUT2D eigenvalue weighted by Crippen LogP contribution is -2.20. The molecule has 28 heavy (non-hydrogen) atoms. The lowest BCUT2D eigenvalue weighted by atomic mass is 9.78. The number of nitrogens with one attached hydrogen (secondary N) is 1. The van der Waals surface area contributed by atoms with E-state index in [-0.39, 0.29) is 29.1 Å². The fourth-order valence-corrected chi connectivity index (χ4v) is 2.96. The minimum atomic E-state index is -0.323. The third-order valence-corrected chi connectivity index (χ3v) is 4.53. The van der Waals surface area contributed by atoms with Crippen LogP contribution < -0.4 is 5.32 Å². The normalized spacial score (nSPS) is 12.4. The van der Waals surface area contributed by atoms with E-state index in [2.05, 4.69) is 5.32 Å². The summed E-state index contributed by atoms with van der Waals surface area (Å²) in [7, 11) is 0. The van der Waals surface area contributed by atoms with E-state index in [0.29, 0.717) is 11.3 Å². The Morgan fingerprint density at radius 3 is 2.11 bits per heavy atom. The molecule has 0 bridgehead atoms. The second-order valence-electron chi connectivity index (χ2n) is 9.15. The zero-order valence-electron chi connectivity index (χ0n) is 17.6. The number of amides is 1. The number of carbonyl (C=O) groups excluding carboxylic acids is 1. The highest BCUT2D eigenvalue weighted by Crippen LogP contribution is 2.39. The fourth-order valence-electron chi connectivity index (χ4n) is 2.96. The van der Waals surface area contributed by atoms with E-state index < -0.39 is 0 Å². The molecule has 3 nitrogen and oxygen atoms in total. The fraction of sp³-hybridized carbons (Fsp3) is 0.375. The van der Waals surface area contributed by atoms with E-state index in [1.807, 2.05) is 53.7 Å². The topological polar surface area (TPSA) is 49.3 Å². The first-order chi connectivity index (χ1) is 12.9.